The predicted molar refractivity (Wildman–Crippen MR) is 113 cm³/mol. The molecule has 29 heavy (non-hydrogen) atoms. The molecule has 2 aromatic heterocycles. The number of rotatable bonds is 3. The van der Waals surface area contributed by atoms with Crippen LogP contribution in [0, 0.1) is 5.92 Å². The number of fused-ring (bicyclic) bond motifs is 4. The third-order valence-electron chi connectivity index (χ3n) is 6.49. The van der Waals surface area contributed by atoms with Crippen molar-refractivity contribution in [2.24, 2.45) is 13.0 Å². The van der Waals surface area contributed by atoms with Crippen molar-refractivity contribution in [3.63, 3.8) is 0 Å². The van der Waals surface area contributed by atoms with E-state index in [-0.39, 0.29) is 11.5 Å². The summed E-state index contributed by atoms with van der Waals surface area (Å²) < 4.78 is 3.96. The van der Waals surface area contributed by atoms with Gasteiger partial charge in [-0.15, -0.1) is 0 Å². The van der Waals surface area contributed by atoms with Gasteiger partial charge in [0.25, 0.3) is 11.5 Å². The molecule has 0 aromatic carbocycles. The molecule has 2 saturated heterocycles. The second-order valence-corrected chi connectivity index (χ2v) is 9.66. The van der Waals surface area contributed by atoms with E-state index >= 15 is 0 Å². The number of piperidine rings is 1. The normalized spacial score (nSPS) is 24.4. The highest BCUT2D eigenvalue weighted by Crippen LogP contribution is 2.35. The molecule has 0 unspecified atom stereocenters. The molecule has 0 saturated carbocycles. The number of likely N-dealkylation sites (tertiary alicyclic amines) is 1. The SMILES string of the molecule is Cn1ccnc1CN1C[C@@H]2C[C@H](C1)c1ccc(C(=O)N3CCSCC3)c(=O)n1C2. The topological polar surface area (TPSA) is 63.4 Å². The highest BCUT2D eigenvalue weighted by atomic mass is 32.2. The van der Waals surface area contributed by atoms with Crippen molar-refractivity contribution in [1.82, 2.24) is 23.9 Å². The van der Waals surface area contributed by atoms with E-state index in [1.165, 1.54) is 0 Å². The number of hydrogen-bond acceptors (Lipinski definition) is 5. The standard InChI is InChI=1S/C21H27N5O2S/c1-23-5-4-22-19(23)14-24-11-15-10-16(13-24)18-3-2-17(21(28)26(18)12-15)20(27)25-6-8-29-9-7-25/h2-5,15-16H,6-14H2,1H3/t15-,16+/m0/s1. The maximum atomic E-state index is 13.2. The molecule has 7 nitrogen and oxygen atoms in total. The van der Waals surface area contributed by atoms with Crippen LogP contribution in [0.4, 0.5) is 0 Å². The zero-order valence-electron chi connectivity index (χ0n) is 16.8. The highest BCUT2D eigenvalue weighted by molar-refractivity contribution is 7.99. The van der Waals surface area contributed by atoms with Gasteiger partial charge in [-0.05, 0) is 24.5 Å². The van der Waals surface area contributed by atoms with Crippen molar-refractivity contribution < 1.29 is 4.79 Å². The number of hydrogen-bond donors (Lipinski definition) is 0. The lowest BCUT2D eigenvalue weighted by Gasteiger charge is -2.42. The van der Waals surface area contributed by atoms with E-state index in [4.69, 9.17) is 0 Å². The lowest BCUT2D eigenvalue weighted by atomic mass is 9.83. The van der Waals surface area contributed by atoms with Gasteiger partial charge in [-0.1, -0.05) is 0 Å². The van der Waals surface area contributed by atoms with E-state index < -0.39 is 0 Å². The van der Waals surface area contributed by atoms with Crippen molar-refractivity contribution in [2.75, 3.05) is 37.7 Å². The largest absolute Gasteiger partial charge is 0.337 e. The monoisotopic (exact) mass is 413 g/mol. The van der Waals surface area contributed by atoms with Gasteiger partial charge in [-0.25, -0.2) is 4.98 Å². The Morgan fingerprint density at radius 3 is 2.79 bits per heavy atom. The van der Waals surface area contributed by atoms with Gasteiger partial charge in [0, 0.05) is 75.3 Å². The number of carbonyl (C=O) groups excluding carboxylic acids is 1. The van der Waals surface area contributed by atoms with Crippen LogP contribution in [0.2, 0.25) is 0 Å². The van der Waals surface area contributed by atoms with E-state index in [9.17, 15) is 9.59 Å². The molecule has 2 fully saturated rings. The molecule has 0 spiro atoms. The minimum atomic E-state index is -0.0993. The van der Waals surface area contributed by atoms with Gasteiger partial charge in [0.05, 0.1) is 6.54 Å². The molecular formula is C21H27N5O2S. The first-order chi connectivity index (χ1) is 14.1. The van der Waals surface area contributed by atoms with Gasteiger partial charge in [0.1, 0.15) is 11.4 Å². The molecule has 2 aromatic rings. The fourth-order valence-corrected chi connectivity index (χ4v) is 5.93. The molecule has 2 bridgehead atoms. The zero-order chi connectivity index (χ0) is 20.0. The molecule has 2 atom stereocenters. The van der Waals surface area contributed by atoms with Crippen LogP contribution in [0.3, 0.4) is 0 Å². The maximum absolute atomic E-state index is 13.2. The van der Waals surface area contributed by atoms with E-state index in [0.717, 1.165) is 62.2 Å². The Hall–Kier alpha value is -2.06. The van der Waals surface area contributed by atoms with Gasteiger partial charge in [-0.3, -0.25) is 14.5 Å². The maximum Gasteiger partial charge on any atom is 0.263 e. The third kappa shape index (κ3) is 3.53. The number of pyridine rings is 1. The molecular weight excluding hydrogens is 386 g/mol. The third-order valence-corrected chi connectivity index (χ3v) is 7.44. The summed E-state index contributed by atoms with van der Waals surface area (Å²) in [5.41, 5.74) is 1.32. The number of amides is 1. The van der Waals surface area contributed by atoms with Crippen LogP contribution in [0.1, 0.15) is 34.2 Å². The van der Waals surface area contributed by atoms with Crippen molar-refractivity contribution in [3.8, 4) is 0 Å². The first kappa shape index (κ1) is 18.9. The quantitative estimate of drug-likeness (QED) is 0.761. The first-order valence-electron chi connectivity index (χ1n) is 10.4. The number of aryl methyl sites for hydroxylation is 1. The van der Waals surface area contributed by atoms with Gasteiger partial charge < -0.3 is 14.0 Å². The zero-order valence-corrected chi connectivity index (χ0v) is 17.6. The summed E-state index contributed by atoms with van der Waals surface area (Å²) in [5, 5.41) is 0. The minimum Gasteiger partial charge on any atom is -0.337 e. The Morgan fingerprint density at radius 2 is 2.03 bits per heavy atom. The fourth-order valence-electron chi connectivity index (χ4n) is 5.02. The van der Waals surface area contributed by atoms with Crippen molar-refractivity contribution in [1.29, 1.82) is 0 Å². The van der Waals surface area contributed by atoms with Crippen LogP contribution < -0.4 is 5.56 Å². The Bertz CT molecular complexity index is 978. The van der Waals surface area contributed by atoms with Crippen molar-refractivity contribution >= 4 is 17.7 Å². The van der Waals surface area contributed by atoms with Crippen molar-refractivity contribution in [2.45, 2.75) is 25.4 Å². The van der Waals surface area contributed by atoms with Gasteiger partial charge in [0.2, 0.25) is 0 Å². The second-order valence-electron chi connectivity index (χ2n) is 8.44. The molecule has 0 aliphatic carbocycles. The predicted octanol–water partition coefficient (Wildman–Crippen LogP) is 1.39. The number of nitrogens with zero attached hydrogens (tertiary/aromatic N) is 5. The van der Waals surface area contributed by atoms with E-state index in [1.54, 1.807) is 6.07 Å². The van der Waals surface area contributed by atoms with E-state index in [0.29, 0.717) is 23.9 Å². The summed E-state index contributed by atoms with van der Waals surface area (Å²) in [4.78, 5) is 34.8. The average Bonchev–Trinajstić information content (AvgIpc) is 3.13. The molecule has 8 heteroatoms. The second kappa shape index (κ2) is 7.65. The van der Waals surface area contributed by atoms with Gasteiger partial charge in [0.15, 0.2) is 0 Å². The van der Waals surface area contributed by atoms with Crippen LogP contribution in [0.15, 0.2) is 29.3 Å². The minimum absolute atomic E-state index is 0.0991. The lowest BCUT2D eigenvalue weighted by molar-refractivity contribution is 0.0766. The molecule has 3 aliphatic rings. The molecule has 5 heterocycles. The summed E-state index contributed by atoms with van der Waals surface area (Å²) in [5.74, 6) is 3.66. The van der Waals surface area contributed by atoms with E-state index in [1.807, 2.05) is 46.7 Å². The fraction of sp³-hybridized carbons (Fsp3) is 0.571. The molecule has 5 rings (SSSR count). The van der Waals surface area contributed by atoms with E-state index in [2.05, 4.69) is 14.5 Å². The van der Waals surface area contributed by atoms with Crippen molar-refractivity contribution in [3.05, 3.63) is 52.0 Å². The van der Waals surface area contributed by atoms with Gasteiger partial charge in [-0.2, -0.15) is 11.8 Å². The Morgan fingerprint density at radius 1 is 1.21 bits per heavy atom. The first-order valence-corrected chi connectivity index (χ1v) is 11.5. The lowest BCUT2D eigenvalue weighted by Crippen LogP contribution is -2.48. The van der Waals surface area contributed by atoms with Gasteiger partial charge >= 0.3 is 0 Å². The molecule has 1 amide bonds. The Labute approximate surface area is 174 Å². The Kier molecular flexibility index (Phi) is 4.99. The van der Waals surface area contributed by atoms with Crippen LogP contribution in [0.25, 0.3) is 0 Å². The number of imidazole rings is 1. The summed E-state index contributed by atoms with van der Waals surface area (Å²) in [6.45, 7) is 4.91. The van der Waals surface area contributed by atoms with Crippen LogP contribution in [-0.4, -0.2) is 67.5 Å². The highest BCUT2D eigenvalue weighted by Gasteiger charge is 2.36. The molecule has 0 radical (unpaired) electrons. The number of thioether (sulfide) groups is 1. The number of carbonyl (C=O) groups is 1. The van der Waals surface area contributed by atoms with Crippen LogP contribution >= 0.6 is 11.8 Å². The average molecular weight is 414 g/mol. The molecule has 0 N–H and O–H groups in total. The molecule has 3 aliphatic heterocycles. The summed E-state index contributed by atoms with van der Waals surface area (Å²) in [6, 6.07) is 3.80. The number of aromatic nitrogens is 3. The molecule has 154 valence electrons. The Balaban J connectivity index is 1.38. The smallest absolute Gasteiger partial charge is 0.263 e. The summed E-state index contributed by atoms with van der Waals surface area (Å²) in [7, 11) is 2.03. The van der Waals surface area contributed by atoms with Crippen LogP contribution in [0.5, 0.6) is 0 Å². The van der Waals surface area contributed by atoms with Crippen LogP contribution in [-0.2, 0) is 20.1 Å². The summed E-state index contributed by atoms with van der Waals surface area (Å²) >= 11 is 1.86. The summed E-state index contributed by atoms with van der Waals surface area (Å²) in [6.07, 6.45) is 4.94.